The lowest BCUT2D eigenvalue weighted by atomic mass is 10.1. The van der Waals surface area contributed by atoms with Crippen molar-refractivity contribution in [2.24, 2.45) is 0 Å². The average molecular weight is 350 g/mol. The molecule has 4 rings (SSSR count). The van der Waals surface area contributed by atoms with Gasteiger partial charge in [-0.15, -0.1) is 0 Å². The molecule has 2 aromatic carbocycles. The maximum absolute atomic E-state index is 12.9. The maximum Gasteiger partial charge on any atom is 0.242 e. The molecule has 3 aromatic rings. The van der Waals surface area contributed by atoms with E-state index in [4.69, 9.17) is 9.47 Å². The Morgan fingerprint density at radius 2 is 2.00 bits per heavy atom. The number of benzene rings is 2. The SMILES string of the molecule is COc1cccc2ccn(CC(=O)N3CCO[C@H](c4ccccc4)C3)c12. The van der Waals surface area contributed by atoms with Crippen molar-refractivity contribution in [3.05, 3.63) is 66.4 Å². The minimum atomic E-state index is -0.0650. The first-order chi connectivity index (χ1) is 12.8. The van der Waals surface area contributed by atoms with Gasteiger partial charge in [0.2, 0.25) is 5.91 Å². The first kappa shape index (κ1) is 16.7. The zero-order valence-electron chi connectivity index (χ0n) is 14.8. The highest BCUT2D eigenvalue weighted by Gasteiger charge is 2.25. The Morgan fingerprint density at radius 3 is 2.81 bits per heavy atom. The molecule has 1 aliphatic rings. The first-order valence-corrected chi connectivity index (χ1v) is 8.82. The number of nitrogens with zero attached hydrogens (tertiary/aromatic N) is 2. The van der Waals surface area contributed by atoms with Crippen molar-refractivity contribution in [3.63, 3.8) is 0 Å². The topological polar surface area (TPSA) is 43.7 Å². The zero-order chi connectivity index (χ0) is 17.9. The monoisotopic (exact) mass is 350 g/mol. The van der Waals surface area contributed by atoms with Gasteiger partial charge in [-0.25, -0.2) is 0 Å². The molecule has 1 saturated heterocycles. The fourth-order valence-corrected chi connectivity index (χ4v) is 3.51. The lowest BCUT2D eigenvalue weighted by Gasteiger charge is -2.33. The Morgan fingerprint density at radius 1 is 1.15 bits per heavy atom. The van der Waals surface area contributed by atoms with Gasteiger partial charge in [0, 0.05) is 18.1 Å². The first-order valence-electron chi connectivity index (χ1n) is 8.82. The van der Waals surface area contributed by atoms with Gasteiger partial charge in [0.05, 0.1) is 25.8 Å². The van der Waals surface area contributed by atoms with E-state index in [1.807, 2.05) is 70.3 Å². The van der Waals surface area contributed by atoms with Crippen LogP contribution in [0.3, 0.4) is 0 Å². The second-order valence-electron chi connectivity index (χ2n) is 6.45. The van der Waals surface area contributed by atoms with E-state index in [-0.39, 0.29) is 12.0 Å². The molecule has 0 N–H and O–H groups in total. The molecule has 0 aliphatic carbocycles. The molecule has 5 heteroatoms. The van der Waals surface area contributed by atoms with Crippen molar-refractivity contribution in [1.82, 2.24) is 9.47 Å². The Kier molecular flexibility index (Phi) is 4.63. The van der Waals surface area contributed by atoms with Crippen LogP contribution in [-0.4, -0.2) is 42.2 Å². The van der Waals surface area contributed by atoms with Crippen molar-refractivity contribution in [2.75, 3.05) is 26.8 Å². The third-order valence-corrected chi connectivity index (χ3v) is 4.87. The number of carbonyl (C=O) groups excluding carboxylic acids is 1. The Bertz CT molecular complexity index is 904. The average Bonchev–Trinajstić information content (AvgIpc) is 3.12. The third-order valence-electron chi connectivity index (χ3n) is 4.87. The minimum Gasteiger partial charge on any atom is -0.495 e. The van der Waals surface area contributed by atoms with Crippen molar-refractivity contribution in [1.29, 1.82) is 0 Å². The Labute approximate surface area is 152 Å². The van der Waals surface area contributed by atoms with Crippen molar-refractivity contribution in [2.45, 2.75) is 12.6 Å². The second-order valence-corrected chi connectivity index (χ2v) is 6.45. The van der Waals surface area contributed by atoms with Crippen LogP contribution in [0.4, 0.5) is 0 Å². The van der Waals surface area contributed by atoms with Crippen LogP contribution in [0.25, 0.3) is 10.9 Å². The molecule has 0 spiro atoms. The zero-order valence-corrected chi connectivity index (χ0v) is 14.8. The summed E-state index contributed by atoms with van der Waals surface area (Å²) in [6, 6.07) is 18.0. The molecule has 2 heterocycles. The normalized spacial score (nSPS) is 17.4. The molecule has 1 fully saturated rings. The molecule has 26 heavy (non-hydrogen) atoms. The number of para-hydroxylation sites is 1. The molecule has 1 aromatic heterocycles. The molecule has 0 bridgehead atoms. The fraction of sp³-hybridized carbons (Fsp3) is 0.286. The van der Waals surface area contributed by atoms with E-state index in [1.54, 1.807) is 7.11 Å². The van der Waals surface area contributed by atoms with Gasteiger partial charge >= 0.3 is 0 Å². The standard InChI is InChI=1S/C21H22N2O3/c1-25-18-9-5-8-17-10-11-23(21(17)18)15-20(24)22-12-13-26-19(14-22)16-6-3-2-4-7-16/h2-11,19H,12-15H2,1H3/t19-/m0/s1. The van der Waals surface area contributed by atoms with E-state index >= 15 is 0 Å². The minimum absolute atomic E-state index is 0.0650. The van der Waals surface area contributed by atoms with E-state index < -0.39 is 0 Å². The summed E-state index contributed by atoms with van der Waals surface area (Å²) in [7, 11) is 1.65. The summed E-state index contributed by atoms with van der Waals surface area (Å²) in [5.74, 6) is 0.877. The van der Waals surface area contributed by atoms with Gasteiger partial charge in [0.25, 0.3) is 0 Å². The fourth-order valence-electron chi connectivity index (χ4n) is 3.51. The van der Waals surface area contributed by atoms with Crippen LogP contribution >= 0.6 is 0 Å². The van der Waals surface area contributed by atoms with Crippen molar-refractivity contribution < 1.29 is 14.3 Å². The van der Waals surface area contributed by atoms with Crippen LogP contribution in [0.15, 0.2) is 60.8 Å². The molecule has 1 amide bonds. The predicted octanol–water partition coefficient (Wildman–Crippen LogP) is 3.25. The number of carbonyl (C=O) groups is 1. The van der Waals surface area contributed by atoms with E-state index in [1.165, 1.54) is 0 Å². The van der Waals surface area contributed by atoms with Crippen LogP contribution in [-0.2, 0) is 16.1 Å². The number of methoxy groups -OCH3 is 1. The number of rotatable bonds is 4. The number of aromatic nitrogens is 1. The number of ether oxygens (including phenoxy) is 2. The lowest BCUT2D eigenvalue weighted by Crippen LogP contribution is -2.43. The van der Waals surface area contributed by atoms with Crippen LogP contribution < -0.4 is 4.74 Å². The molecular weight excluding hydrogens is 328 g/mol. The quantitative estimate of drug-likeness (QED) is 0.725. The smallest absolute Gasteiger partial charge is 0.242 e. The summed E-state index contributed by atoms with van der Waals surface area (Å²) in [5.41, 5.74) is 2.06. The number of hydrogen-bond donors (Lipinski definition) is 0. The molecule has 0 saturated carbocycles. The van der Waals surface area contributed by atoms with Gasteiger partial charge in [-0.1, -0.05) is 42.5 Å². The van der Waals surface area contributed by atoms with E-state index in [0.29, 0.717) is 26.2 Å². The molecule has 1 atom stereocenters. The number of fused-ring (bicyclic) bond motifs is 1. The van der Waals surface area contributed by atoms with Crippen LogP contribution in [0.2, 0.25) is 0 Å². The van der Waals surface area contributed by atoms with E-state index in [9.17, 15) is 4.79 Å². The largest absolute Gasteiger partial charge is 0.495 e. The summed E-state index contributed by atoms with van der Waals surface area (Å²) in [4.78, 5) is 14.8. The predicted molar refractivity (Wildman–Crippen MR) is 100 cm³/mol. The van der Waals surface area contributed by atoms with Gasteiger partial charge in [0.15, 0.2) is 0 Å². The summed E-state index contributed by atoms with van der Waals surface area (Å²) in [6.45, 7) is 2.06. The molecule has 134 valence electrons. The molecular formula is C21H22N2O3. The van der Waals surface area contributed by atoms with E-state index in [0.717, 1.165) is 22.2 Å². The summed E-state index contributed by atoms with van der Waals surface area (Å²) in [6.07, 6.45) is 1.88. The number of hydrogen-bond acceptors (Lipinski definition) is 3. The number of amides is 1. The van der Waals surface area contributed by atoms with Crippen LogP contribution in [0.5, 0.6) is 5.75 Å². The highest BCUT2D eigenvalue weighted by molar-refractivity contribution is 5.88. The summed E-state index contributed by atoms with van der Waals surface area (Å²) < 4.78 is 13.3. The third kappa shape index (κ3) is 3.18. The van der Waals surface area contributed by atoms with Gasteiger partial charge < -0.3 is 18.9 Å². The van der Waals surface area contributed by atoms with Crippen LogP contribution in [0, 0.1) is 0 Å². The van der Waals surface area contributed by atoms with Gasteiger partial charge in [-0.2, -0.15) is 0 Å². The van der Waals surface area contributed by atoms with Crippen LogP contribution in [0.1, 0.15) is 11.7 Å². The molecule has 5 nitrogen and oxygen atoms in total. The van der Waals surface area contributed by atoms with Crippen molar-refractivity contribution >= 4 is 16.8 Å². The summed E-state index contributed by atoms with van der Waals surface area (Å²) in [5, 5.41) is 1.07. The maximum atomic E-state index is 12.9. The Hall–Kier alpha value is -2.79. The lowest BCUT2D eigenvalue weighted by molar-refractivity contribution is -0.139. The molecule has 0 radical (unpaired) electrons. The van der Waals surface area contributed by atoms with E-state index in [2.05, 4.69) is 0 Å². The molecule has 1 aliphatic heterocycles. The summed E-state index contributed by atoms with van der Waals surface area (Å²) >= 11 is 0. The Balaban J connectivity index is 1.52. The highest BCUT2D eigenvalue weighted by atomic mass is 16.5. The number of morpholine rings is 1. The van der Waals surface area contributed by atoms with Crippen molar-refractivity contribution in [3.8, 4) is 5.75 Å². The van der Waals surface area contributed by atoms with Gasteiger partial charge in [0.1, 0.15) is 18.4 Å². The van der Waals surface area contributed by atoms with Gasteiger partial charge in [-0.3, -0.25) is 4.79 Å². The second kappa shape index (κ2) is 7.22. The van der Waals surface area contributed by atoms with Gasteiger partial charge in [-0.05, 0) is 17.7 Å². The molecule has 0 unspecified atom stereocenters. The highest BCUT2D eigenvalue weighted by Crippen LogP contribution is 2.27.